The van der Waals surface area contributed by atoms with Crippen molar-refractivity contribution in [1.82, 2.24) is 30.0 Å². The van der Waals surface area contributed by atoms with Gasteiger partial charge >= 0.3 is 6.03 Å². The molecular weight excluding hydrogens is 370 g/mol. The van der Waals surface area contributed by atoms with Gasteiger partial charge in [-0.2, -0.15) is 4.80 Å². The number of nitrogens with one attached hydrogen (secondary N) is 1. The van der Waals surface area contributed by atoms with E-state index in [-0.39, 0.29) is 18.5 Å². The molecule has 148 valence electrons. The number of urea groups is 1. The minimum atomic E-state index is -0.159. The Morgan fingerprint density at radius 2 is 1.48 bits per heavy atom. The van der Waals surface area contributed by atoms with E-state index in [2.05, 4.69) is 20.7 Å². The third kappa shape index (κ3) is 4.57. The van der Waals surface area contributed by atoms with Crippen molar-refractivity contribution in [3.8, 4) is 11.4 Å². The van der Waals surface area contributed by atoms with Crippen molar-refractivity contribution in [1.29, 1.82) is 0 Å². The number of nitrogens with zero attached hydrogens (tertiary/aromatic N) is 6. The van der Waals surface area contributed by atoms with Gasteiger partial charge in [-0.3, -0.25) is 4.79 Å². The van der Waals surface area contributed by atoms with Crippen molar-refractivity contribution in [2.45, 2.75) is 6.54 Å². The molecule has 0 bridgehead atoms. The Hall–Kier alpha value is -3.75. The number of rotatable bonds is 4. The molecule has 3 aromatic rings. The topological polar surface area (TPSA) is 96.2 Å². The number of carbonyl (C=O) groups is 2. The Kier molecular flexibility index (Phi) is 5.46. The average Bonchev–Trinajstić information content (AvgIpc) is 3.23. The van der Waals surface area contributed by atoms with E-state index in [9.17, 15) is 9.59 Å². The molecule has 0 aliphatic carbocycles. The lowest BCUT2D eigenvalue weighted by atomic mass is 10.2. The zero-order valence-electron chi connectivity index (χ0n) is 15.8. The van der Waals surface area contributed by atoms with Crippen LogP contribution in [0.1, 0.15) is 0 Å². The van der Waals surface area contributed by atoms with E-state index in [4.69, 9.17) is 0 Å². The fraction of sp³-hybridized carbons (Fsp3) is 0.250. The molecule has 2 heterocycles. The van der Waals surface area contributed by atoms with Gasteiger partial charge in [0.15, 0.2) is 0 Å². The first-order valence-corrected chi connectivity index (χ1v) is 9.41. The molecule has 4 rings (SSSR count). The predicted octanol–water partition coefficient (Wildman–Crippen LogP) is 1.72. The highest BCUT2D eigenvalue weighted by Gasteiger charge is 2.24. The van der Waals surface area contributed by atoms with E-state index in [0.29, 0.717) is 32.0 Å². The van der Waals surface area contributed by atoms with Gasteiger partial charge in [0.25, 0.3) is 0 Å². The molecule has 0 spiro atoms. The molecule has 0 unspecified atom stereocenters. The van der Waals surface area contributed by atoms with Crippen molar-refractivity contribution < 1.29 is 9.59 Å². The highest BCUT2D eigenvalue weighted by molar-refractivity contribution is 5.89. The normalized spacial score (nSPS) is 13.9. The zero-order chi connectivity index (χ0) is 20.1. The standard InChI is InChI=1S/C20H21N7O2/c28-18(15-27-23-19(22-24-27)16-7-3-1-4-8-16)25-11-13-26(14-12-25)20(29)21-17-9-5-2-6-10-17/h1-10H,11-15H2,(H,21,29). The minimum absolute atomic E-state index is 0.0239. The summed E-state index contributed by atoms with van der Waals surface area (Å²) in [5.41, 5.74) is 1.60. The van der Waals surface area contributed by atoms with E-state index in [1.165, 1.54) is 4.80 Å². The molecule has 1 saturated heterocycles. The second kappa shape index (κ2) is 8.51. The summed E-state index contributed by atoms with van der Waals surface area (Å²) in [5, 5.41) is 15.1. The number of piperazine rings is 1. The average molecular weight is 391 g/mol. The van der Waals surface area contributed by atoms with Crippen LogP contribution in [-0.4, -0.2) is 68.1 Å². The van der Waals surface area contributed by atoms with Gasteiger partial charge in [0.2, 0.25) is 11.7 Å². The second-order valence-electron chi connectivity index (χ2n) is 6.67. The second-order valence-corrected chi connectivity index (χ2v) is 6.67. The number of aromatic nitrogens is 4. The molecule has 0 saturated carbocycles. The van der Waals surface area contributed by atoms with Crippen LogP contribution in [0.15, 0.2) is 60.7 Å². The molecule has 1 aliphatic rings. The predicted molar refractivity (Wildman–Crippen MR) is 107 cm³/mol. The Morgan fingerprint density at radius 1 is 0.862 bits per heavy atom. The Bertz CT molecular complexity index is 967. The van der Waals surface area contributed by atoms with Crippen molar-refractivity contribution in [2.24, 2.45) is 0 Å². The van der Waals surface area contributed by atoms with Crippen LogP contribution in [0.4, 0.5) is 10.5 Å². The molecule has 3 amide bonds. The van der Waals surface area contributed by atoms with Gasteiger partial charge in [0.05, 0.1) is 0 Å². The SMILES string of the molecule is O=C(Cn1nnc(-c2ccccc2)n1)N1CCN(C(=O)Nc2ccccc2)CC1. The number of anilines is 1. The first kappa shape index (κ1) is 18.6. The molecule has 2 aromatic carbocycles. The fourth-order valence-electron chi connectivity index (χ4n) is 3.12. The summed E-state index contributed by atoms with van der Waals surface area (Å²) in [6, 6.07) is 18.6. The summed E-state index contributed by atoms with van der Waals surface area (Å²) in [6.45, 7) is 1.92. The highest BCUT2D eigenvalue weighted by Crippen LogP contribution is 2.12. The van der Waals surface area contributed by atoms with Gasteiger partial charge in [-0.1, -0.05) is 48.5 Å². The van der Waals surface area contributed by atoms with Crippen molar-refractivity contribution in [3.05, 3.63) is 60.7 Å². The highest BCUT2D eigenvalue weighted by atomic mass is 16.2. The van der Waals surface area contributed by atoms with Crippen LogP contribution in [-0.2, 0) is 11.3 Å². The van der Waals surface area contributed by atoms with Crippen molar-refractivity contribution in [3.63, 3.8) is 0 Å². The number of carbonyl (C=O) groups excluding carboxylic acids is 2. The quantitative estimate of drug-likeness (QED) is 0.730. The Balaban J connectivity index is 1.28. The van der Waals surface area contributed by atoms with E-state index < -0.39 is 0 Å². The number of amides is 3. The third-order valence-corrected chi connectivity index (χ3v) is 4.71. The first-order valence-electron chi connectivity index (χ1n) is 9.41. The molecule has 9 heteroatoms. The number of hydrogen-bond acceptors (Lipinski definition) is 5. The van der Waals surface area contributed by atoms with Crippen LogP contribution in [0.3, 0.4) is 0 Å². The lowest BCUT2D eigenvalue weighted by Gasteiger charge is -2.34. The van der Waals surface area contributed by atoms with Crippen LogP contribution in [0.5, 0.6) is 0 Å². The number of benzene rings is 2. The maximum Gasteiger partial charge on any atom is 0.321 e. The molecular formula is C20H21N7O2. The van der Waals surface area contributed by atoms with Crippen LogP contribution in [0.2, 0.25) is 0 Å². The zero-order valence-corrected chi connectivity index (χ0v) is 15.8. The lowest BCUT2D eigenvalue weighted by molar-refractivity contribution is -0.133. The summed E-state index contributed by atoms with van der Waals surface area (Å²) < 4.78 is 0. The number of tetrazole rings is 1. The van der Waals surface area contributed by atoms with Gasteiger partial charge in [-0.25, -0.2) is 4.79 Å². The molecule has 1 N–H and O–H groups in total. The largest absolute Gasteiger partial charge is 0.337 e. The molecule has 0 atom stereocenters. The monoisotopic (exact) mass is 391 g/mol. The van der Waals surface area contributed by atoms with Crippen LogP contribution in [0, 0.1) is 0 Å². The molecule has 9 nitrogen and oxygen atoms in total. The number of para-hydroxylation sites is 1. The summed E-state index contributed by atoms with van der Waals surface area (Å²) >= 11 is 0. The molecule has 1 aromatic heterocycles. The van der Waals surface area contributed by atoms with E-state index in [1.807, 2.05) is 60.7 Å². The Labute approximate surface area is 167 Å². The third-order valence-electron chi connectivity index (χ3n) is 4.71. The minimum Gasteiger partial charge on any atom is -0.337 e. The summed E-state index contributed by atoms with van der Waals surface area (Å²) in [4.78, 5) is 29.6. The lowest BCUT2D eigenvalue weighted by Crippen LogP contribution is -2.52. The van der Waals surface area contributed by atoms with E-state index in [0.717, 1.165) is 11.3 Å². The Morgan fingerprint density at radius 3 is 2.17 bits per heavy atom. The summed E-state index contributed by atoms with van der Waals surface area (Å²) in [6.07, 6.45) is 0. The summed E-state index contributed by atoms with van der Waals surface area (Å²) in [5.74, 6) is 0.394. The van der Waals surface area contributed by atoms with Gasteiger partial charge in [0.1, 0.15) is 6.54 Å². The van der Waals surface area contributed by atoms with Crippen LogP contribution >= 0.6 is 0 Å². The van der Waals surface area contributed by atoms with E-state index >= 15 is 0 Å². The van der Waals surface area contributed by atoms with Gasteiger partial charge < -0.3 is 15.1 Å². The van der Waals surface area contributed by atoms with Gasteiger partial charge in [0, 0.05) is 37.4 Å². The van der Waals surface area contributed by atoms with Gasteiger partial charge in [-0.15, -0.1) is 10.2 Å². The number of hydrogen-bond donors (Lipinski definition) is 1. The smallest absolute Gasteiger partial charge is 0.321 e. The molecule has 1 aliphatic heterocycles. The molecule has 1 fully saturated rings. The first-order chi connectivity index (χ1) is 14.2. The summed E-state index contributed by atoms with van der Waals surface area (Å²) in [7, 11) is 0. The van der Waals surface area contributed by atoms with Crippen molar-refractivity contribution in [2.75, 3.05) is 31.5 Å². The fourth-order valence-corrected chi connectivity index (χ4v) is 3.12. The van der Waals surface area contributed by atoms with E-state index in [1.54, 1.807) is 9.80 Å². The van der Waals surface area contributed by atoms with Crippen LogP contribution < -0.4 is 5.32 Å². The van der Waals surface area contributed by atoms with Crippen LogP contribution in [0.25, 0.3) is 11.4 Å². The maximum atomic E-state index is 12.6. The molecule has 0 radical (unpaired) electrons. The van der Waals surface area contributed by atoms with Gasteiger partial charge in [-0.05, 0) is 17.3 Å². The molecule has 29 heavy (non-hydrogen) atoms. The maximum absolute atomic E-state index is 12.6. The van der Waals surface area contributed by atoms with Crippen molar-refractivity contribution >= 4 is 17.6 Å².